The number of aliphatic hydroxyl groups excluding tert-OH is 1. The van der Waals surface area contributed by atoms with Gasteiger partial charge in [-0.25, -0.2) is 0 Å². The van der Waals surface area contributed by atoms with Gasteiger partial charge in [-0.15, -0.1) is 24.9 Å². The number of hydrogen-bond acceptors (Lipinski definition) is 6. The van der Waals surface area contributed by atoms with E-state index in [1.54, 1.807) is 52.8 Å². The van der Waals surface area contributed by atoms with Crippen LogP contribution in [0.2, 0.25) is 0 Å². The van der Waals surface area contributed by atoms with Crippen molar-refractivity contribution in [2.45, 2.75) is 61.0 Å². The van der Waals surface area contributed by atoms with Crippen LogP contribution in [0.15, 0.2) is 49.6 Å². The zero-order chi connectivity index (χ0) is 29.1. The number of aliphatic hydroxyl groups is 1. The van der Waals surface area contributed by atoms with Crippen LogP contribution >= 0.6 is 11.8 Å². The van der Waals surface area contributed by atoms with Gasteiger partial charge in [0.2, 0.25) is 11.8 Å². The molecule has 2 bridgehead atoms. The summed E-state index contributed by atoms with van der Waals surface area (Å²) in [5, 5.41) is 9.18. The fourth-order valence-corrected chi connectivity index (χ4v) is 9.30. The summed E-state index contributed by atoms with van der Waals surface area (Å²) < 4.78 is 4.23. The zero-order valence-electron chi connectivity index (χ0n) is 24.0. The van der Waals surface area contributed by atoms with Crippen molar-refractivity contribution in [2.75, 3.05) is 45.3 Å². The second-order valence-electron chi connectivity index (χ2n) is 11.3. The number of likely N-dealkylation sites (N-methyl/N-ethyl adjacent to an activating group) is 1. The number of hydrogen-bond donors (Lipinski definition) is 1. The van der Waals surface area contributed by atoms with Crippen LogP contribution in [-0.4, -0.2) is 88.6 Å². The molecule has 40 heavy (non-hydrogen) atoms. The molecule has 9 heteroatoms. The molecule has 3 fully saturated rings. The van der Waals surface area contributed by atoms with Crippen molar-refractivity contribution in [3.05, 3.63) is 49.6 Å². The van der Waals surface area contributed by atoms with E-state index in [1.807, 2.05) is 24.3 Å². The molecule has 3 aliphatic rings. The lowest BCUT2D eigenvalue weighted by Gasteiger charge is -2.37. The summed E-state index contributed by atoms with van der Waals surface area (Å²) in [6.07, 6.45) is 8.05. The maximum Gasteiger partial charge on any atom is 0.251 e. The first-order chi connectivity index (χ1) is 19.2. The summed E-state index contributed by atoms with van der Waals surface area (Å²) in [5.41, 5.74) is 0.711. The SMILES string of the molecule is C=CCN(C)C(=O)[C@@H]1[C@H]2C(=O)N(CCCCCCO)C(C(=O)N(CC=C)c3ccc(OC)cc3)C23CC[C@@]1(C)S3. The molecule has 5 atom stereocenters. The number of amides is 3. The number of anilines is 1. The standard InChI is InChI=1S/C31H43N3O5S/c1-6-18-32(4)27(36)24-25-28(37)34(20-10-8-9-11-21-35)26(31(25)17-16-30(24,3)40-31)29(38)33(19-7-2)22-12-14-23(39-5)15-13-22/h6-7,12-15,24-26,35H,1-2,8-11,16-21H2,3-5H3/t24-,25-,26?,30+,31?/m0/s1. The fourth-order valence-electron chi connectivity index (χ4n) is 6.95. The Balaban J connectivity index is 1.74. The van der Waals surface area contributed by atoms with E-state index in [2.05, 4.69) is 20.1 Å². The van der Waals surface area contributed by atoms with Crippen LogP contribution in [0.25, 0.3) is 0 Å². The van der Waals surface area contributed by atoms with Gasteiger partial charge in [0.25, 0.3) is 5.91 Å². The molecule has 8 nitrogen and oxygen atoms in total. The lowest BCUT2D eigenvalue weighted by atomic mass is 9.66. The monoisotopic (exact) mass is 569 g/mol. The van der Waals surface area contributed by atoms with Gasteiger partial charge >= 0.3 is 0 Å². The Bertz CT molecular complexity index is 1130. The van der Waals surface area contributed by atoms with Crippen molar-refractivity contribution in [1.29, 1.82) is 0 Å². The number of carbonyl (C=O) groups excluding carboxylic acids is 3. The van der Waals surface area contributed by atoms with Crippen molar-refractivity contribution >= 4 is 35.2 Å². The topological polar surface area (TPSA) is 90.4 Å². The lowest BCUT2D eigenvalue weighted by Crippen LogP contribution is -2.55. The van der Waals surface area contributed by atoms with Gasteiger partial charge in [0.05, 0.1) is 23.7 Å². The van der Waals surface area contributed by atoms with Crippen LogP contribution in [0.4, 0.5) is 5.69 Å². The molecule has 1 aromatic carbocycles. The van der Waals surface area contributed by atoms with Crippen LogP contribution in [0, 0.1) is 11.8 Å². The Kier molecular flexibility index (Phi) is 9.35. The van der Waals surface area contributed by atoms with E-state index in [4.69, 9.17) is 4.74 Å². The minimum atomic E-state index is -0.681. The van der Waals surface area contributed by atoms with Gasteiger partial charge in [-0.3, -0.25) is 14.4 Å². The number of unbranched alkanes of at least 4 members (excludes halogenated alkanes) is 3. The fraction of sp³-hybridized carbons (Fsp3) is 0.581. The van der Waals surface area contributed by atoms with E-state index in [0.29, 0.717) is 43.9 Å². The number of fused-ring (bicyclic) bond motifs is 1. The predicted molar refractivity (Wildman–Crippen MR) is 159 cm³/mol. The number of carbonyl (C=O) groups is 3. The molecule has 1 aromatic rings. The van der Waals surface area contributed by atoms with E-state index < -0.39 is 27.4 Å². The second-order valence-corrected chi connectivity index (χ2v) is 13.2. The number of methoxy groups -OCH3 is 1. The van der Waals surface area contributed by atoms with E-state index in [-0.39, 0.29) is 24.3 Å². The van der Waals surface area contributed by atoms with E-state index in [1.165, 1.54) is 0 Å². The van der Waals surface area contributed by atoms with Crippen molar-refractivity contribution in [2.24, 2.45) is 11.8 Å². The predicted octanol–water partition coefficient (Wildman–Crippen LogP) is 3.89. The smallest absolute Gasteiger partial charge is 0.251 e. The second kappa shape index (κ2) is 12.4. The zero-order valence-corrected chi connectivity index (χ0v) is 24.8. The molecule has 2 unspecified atom stereocenters. The first-order valence-electron chi connectivity index (χ1n) is 14.2. The Hall–Kier alpha value is -2.78. The van der Waals surface area contributed by atoms with Crippen LogP contribution in [0.1, 0.15) is 45.4 Å². The van der Waals surface area contributed by atoms with Crippen LogP contribution < -0.4 is 9.64 Å². The molecule has 0 saturated carbocycles. The molecule has 0 radical (unpaired) electrons. The Morgan fingerprint density at radius 3 is 2.40 bits per heavy atom. The van der Waals surface area contributed by atoms with E-state index in [9.17, 15) is 19.5 Å². The average Bonchev–Trinajstić information content (AvgIpc) is 3.51. The Labute approximate surface area is 242 Å². The normalized spacial score (nSPS) is 28.4. The summed E-state index contributed by atoms with van der Waals surface area (Å²) in [5.74, 6) is -0.632. The molecular formula is C31H43N3O5S. The van der Waals surface area contributed by atoms with Gasteiger partial charge in [0.15, 0.2) is 0 Å². The summed E-state index contributed by atoms with van der Waals surface area (Å²) in [4.78, 5) is 47.9. The van der Waals surface area contributed by atoms with Crippen molar-refractivity contribution in [3.8, 4) is 5.75 Å². The summed E-state index contributed by atoms with van der Waals surface area (Å²) in [6.45, 7) is 11.1. The van der Waals surface area contributed by atoms with E-state index in [0.717, 1.165) is 25.7 Å². The highest BCUT2D eigenvalue weighted by atomic mass is 32.2. The maximum absolute atomic E-state index is 14.6. The Morgan fingerprint density at radius 1 is 1.10 bits per heavy atom. The average molecular weight is 570 g/mol. The number of likely N-dealkylation sites (tertiary alicyclic amines) is 1. The molecule has 3 amide bonds. The number of ether oxygens (including phenoxy) is 1. The molecule has 4 rings (SSSR count). The van der Waals surface area contributed by atoms with Crippen molar-refractivity contribution in [1.82, 2.24) is 9.80 Å². The third-order valence-corrected chi connectivity index (χ3v) is 10.8. The minimum Gasteiger partial charge on any atom is -0.497 e. The van der Waals surface area contributed by atoms with Gasteiger partial charge in [0, 0.05) is 43.7 Å². The van der Waals surface area contributed by atoms with Gasteiger partial charge in [-0.1, -0.05) is 25.0 Å². The molecule has 1 N–H and O–H groups in total. The largest absolute Gasteiger partial charge is 0.497 e. The molecule has 0 aliphatic carbocycles. The van der Waals surface area contributed by atoms with Crippen molar-refractivity contribution < 1.29 is 24.2 Å². The number of benzene rings is 1. The van der Waals surface area contributed by atoms with Crippen LogP contribution in [0.3, 0.4) is 0 Å². The molecule has 3 saturated heterocycles. The van der Waals surface area contributed by atoms with Gasteiger partial charge < -0.3 is 24.5 Å². The van der Waals surface area contributed by atoms with Gasteiger partial charge in [-0.05, 0) is 56.9 Å². The summed E-state index contributed by atoms with van der Waals surface area (Å²) in [7, 11) is 3.36. The third-order valence-electron chi connectivity index (χ3n) is 8.82. The van der Waals surface area contributed by atoms with Gasteiger partial charge in [-0.2, -0.15) is 0 Å². The van der Waals surface area contributed by atoms with Crippen molar-refractivity contribution in [3.63, 3.8) is 0 Å². The Morgan fingerprint density at radius 2 is 1.77 bits per heavy atom. The molecule has 218 valence electrons. The first kappa shape index (κ1) is 30.2. The molecule has 3 aliphatic heterocycles. The highest BCUT2D eigenvalue weighted by molar-refractivity contribution is 8.02. The number of thioether (sulfide) groups is 1. The molecular weight excluding hydrogens is 526 g/mol. The van der Waals surface area contributed by atoms with Crippen LogP contribution in [-0.2, 0) is 14.4 Å². The van der Waals surface area contributed by atoms with Gasteiger partial charge in [0.1, 0.15) is 11.8 Å². The quantitative estimate of drug-likeness (QED) is 0.270. The maximum atomic E-state index is 14.6. The molecule has 1 spiro atoms. The summed E-state index contributed by atoms with van der Waals surface area (Å²) in [6, 6.07) is 6.66. The number of rotatable bonds is 14. The highest BCUT2D eigenvalue weighted by Gasteiger charge is 2.77. The minimum absolute atomic E-state index is 0.0519. The van der Waals surface area contributed by atoms with Crippen LogP contribution in [0.5, 0.6) is 5.75 Å². The number of nitrogens with zero attached hydrogens (tertiary/aromatic N) is 3. The highest BCUT2D eigenvalue weighted by Crippen LogP contribution is 2.71. The first-order valence-corrected chi connectivity index (χ1v) is 15.0. The van der Waals surface area contributed by atoms with E-state index >= 15 is 0 Å². The molecule has 0 aromatic heterocycles. The lowest BCUT2D eigenvalue weighted by molar-refractivity contribution is -0.144. The molecule has 3 heterocycles. The third kappa shape index (κ3) is 5.18. The summed E-state index contributed by atoms with van der Waals surface area (Å²) >= 11 is 1.69.